The first-order chi connectivity index (χ1) is 14.3. The summed E-state index contributed by atoms with van der Waals surface area (Å²) < 4.78 is 4.23. The lowest BCUT2D eigenvalue weighted by Crippen LogP contribution is -2.38. The number of nitrogens with zero attached hydrogens (tertiary/aromatic N) is 6. The smallest absolute Gasteiger partial charge is 0.191 e. The van der Waals surface area contributed by atoms with Crippen molar-refractivity contribution < 1.29 is 0 Å². The summed E-state index contributed by atoms with van der Waals surface area (Å²) in [7, 11) is 0. The molecule has 0 aliphatic rings. The molecular weight excluding hydrogens is 364 g/mol. The zero-order valence-corrected chi connectivity index (χ0v) is 16.8. The van der Waals surface area contributed by atoms with E-state index in [9.17, 15) is 0 Å². The van der Waals surface area contributed by atoms with E-state index >= 15 is 0 Å². The second-order valence-corrected chi connectivity index (χ2v) is 6.82. The molecule has 0 saturated carbocycles. The van der Waals surface area contributed by atoms with Gasteiger partial charge in [-0.05, 0) is 44.5 Å². The lowest BCUT2D eigenvalue weighted by Gasteiger charge is -2.12. The van der Waals surface area contributed by atoms with Gasteiger partial charge < -0.3 is 15.2 Å². The van der Waals surface area contributed by atoms with E-state index in [0.29, 0.717) is 6.54 Å². The summed E-state index contributed by atoms with van der Waals surface area (Å²) in [6.07, 6.45) is 2.93. The van der Waals surface area contributed by atoms with Gasteiger partial charge in [-0.25, -0.2) is 9.98 Å². The average Bonchev–Trinajstić information content (AvgIpc) is 3.29. The Hall–Kier alpha value is -3.42. The summed E-state index contributed by atoms with van der Waals surface area (Å²) in [6.45, 7) is 7.11. The number of aromatic nitrogens is 5. The van der Waals surface area contributed by atoms with Crippen LogP contribution in [0, 0.1) is 6.92 Å². The van der Waals surface area contributed by atoms with Crippen molar-refractivity contribution in [3.63, 3.8) is 0 Å². The quantitative estimate of drug-likeness (QED) is 0.288. The minimum absolute atomic E-state index is 0.464. The normalized spacial score (nSPS) is 12.0. The number of aryl methyl sites for hydroxylation is 2. The summed E-state index contributed by atoms with van der Waals surface area (Å²) >= 11 is 0. The molecule has 4 aromatic rings. The third kappa shape index (κ3) is 4.21. The third-order valence-corrected chi connectivity index (χ3v) is 4.80. The van der Waals surface area contributed by atoms with E-state index in [0.717, 1.165) is 54.8 Å². The number of nitrogens with one attached hydrogen (secondary N) is 2. The first-order valence-corrected chi connectivity index (χ1v) is 9.99. The minimum atomic E-state index is 0.464. The highest BCUT2D eigenvalue weighted by molar-refractivity contribution is 5.79. The fourth-order valence-electron chi connectivity index (χ4n) is 3.41. The van der Waals surface area contributed by atoms with E-state index < -0.39 is 0 Å². The molecule has 2 N–H and O–H groups in total. The van der Waals surface area contributed by atoms with Gasteiger partial charge in [-0.1, -0.05) is 18.2 Å². The molecule has 0 spiro atoms. The maximum atomic E-state index is 4.66. The standard InChI is InChI=1S/C21H26N8/c1-3-22-21(24-15-20-27-26-19-11-6-7-13-29(19)20)23-12-8-14-28-16(2)25-17-9-4-5-10-18(17)28/h4-7,9-11,13H,3,8,12,14-15H2,1-2H3,(H2,22,23,24). The van der Waals surface area contributed by atoms with Crippen molar-refractivity contribution in [2.75, 3.05) is 13.1 Å². The van der Waals surface area contributed by atoms with Gasteiger partial charge >= 0.3 is 0 Å². The molecule has 0 bridgehead atoms. The fourth-order valence-corrected chi connectivity index (χ4v) is 3.41. The highest BCUT2D eigenvalue weighted by Gasteiger charge is 2.07. The predicted molar refractivity (Wildman–Crippen MR) is 115 cm³/mol. The van der Waals surface area contributed by atoms with Crippen molar-refractivity contribution in [3.8, 4) is 0 Å². The molecule has 8 nitrogen and oxygen atoms in total. The Morgan fingerprint density at radius 2 is 1.93 bits per heavy atom. The maximum absolute atomic E-state index is 4.66. The maximum Gasteiger partial charge on any atom is 0.191 e. The van der Waals surface area contributed by atoms with Crippen LogP contribution in [0.3, 0.4) is 0 Å². The number of benzene rings is 1. The third-order valence-electron chi connectivity index (χ3n) is 4.80. The number of aliphatic imine (C=N–C) groups is 1. The topological polar surface area (TPSA) is 84.4 Å². The van der Waals surface area contributed by atoms with E-state index in [1.165, 1.54) is 5.52 Å². The first-order valence-electron chi connectivity index (χ1n) is 9.99. The van der Waals surface area contributed by atoms with Gasteiger partial charge in [-0.2, -0.15) is 0 Å². The second-order valence-electron chi connectivity index (χ2n) is 6.82. The van der Waals surface area contributed by atoms with E-state index in [1.54, 1.807) is 0 Å². The van der Waals surface area contributed by atoms with E-state index in [2.05, 4.69) is 67.4 Å². The number of fused-ring (bicyclic) bond motifs is 2. The zero-order valence-electron chi connectivity index (χ0n) is 16.8. The van der Waals surface area contributed by atoms with Gasteiger partial charge in [0.05, 0.1) is 11.0 Å². The van der Waals surface area contributed by atoms with Gasteiger partial charge in [0.2, 0.25) is 0 Å². The SMILES string of the molecule is CCNC(=NCc1nnc2ccccn12)NCCCn1c(C)nc2ccccc21. The highest BCUT2D eigenvalue weighted by Crippen LogP contribution is 2.15. The van der Waals surface area contributed by atoms with E-state index in [-0.39, 0.29) is 0 Å². The summed E-state index contributed by atoms with van der Waals surface area (Å²) in [5.41, 5.74) is 3.07. The van der Waals surface area contributed by atoms with Crippen LogP contribution in [-0.2, 0) is 13.1 Å². The Bertz CT molecular complexity index is 1120. The van der Waals surface area contributed by atoms with Crippen molar-refractivity contribution in [2.24, 2.45) is 4.99 Å². The van der Waals surface area contributed by atoms with Gasteiger partial charge in [-0.15, -0.1) is 10.2 Å². The Morgan fingerprint density at radius 1 is 1.07 bits per heavy atom. The molecular formula is C21H26N8. The molecule has 3 aromatic heterocycles. The molecule has 0 aliphatic carbocycles. The van der Waals surface area contributed by atoms with Crippen LogP contribution in [0.2, 0.25) is 0 Å². The number of para-hydroxylation sites is 2. The number of imidazole rings is 1. The number of pyridine rings is 1. The van der Waals surface area contributed by atoms with Crippen LogP contribution in [0.4, 0.5) is 0 Å². The van der Waals surface area contributed by atoms with Crippen molar-refractivity contribution in [1.82, 2.24) is 34.8 Å². The lowest BCUT2D eigenvalue weighted by molar-refractivity contribution is 0.624. The van der Waals surface area contributed by atoms with E-state index in [1.807, 2.05) is 34.9 Å². The molecule has 29 heavy (non-hydrogen) atoms. The molecule has 8 heteroatoms. The molecule has 150 valence electrons. The Morgan fingerprint density at radius 3 is 2.83 bits per heavy atom. The van der Waals surface area contributed by atoms with Crippen LogP contribution in [0.1, 0.15) is 25.0 Å². The molecule has 0 saturated heterocycles. The predicted octanol–water partition coefficient (Wildman–Crippen LogP) is 2.53. The van der Waals surface area contributed by atoms with Crippen LogP contribution < -0.4 is 10.6 Å². The molecule has 0 fully saturated rings. The van der Waals surface area contributed by atoms with Crippen LogP contribution in [-0.4, -0.2) is 43.2 Å². The number of hydrogen-bond acceptors (Lipinski definition) is 4. The van der Waals surface area contributed by atoms with E-state index in [4.69, 9.17) is 0 Å². The van der Waals surface area contributed by atoms with Crippen LogP contribution in [0.25, 0.3) is 16.7 Å². The van der Waals surface area contributed by atoms with Gasteiger partial charge in [0, 0.05) is 25.8 Å². The van der Waals surface area contributed by atoms with Crippen molar-refractivity contribution in [3.05, 3.63) is 60.3 Å². The molecule has 0 unspecified atom stereocenters. The summed E-state index contributed by atoms with van der Waals surface area (Å²) in [5, 5.41) is 15.1. The van der Waals surface area contributed by atoms with Gasteiger partial charge in [0.25, 0.3) is 0 Å². The molecule has 4 rings (SSSR count). The van der Waals surface area contributed by atoms with Gasteiger partial charge in [0.15, 0.2) is 17.4 Å². The van der Waals surface area contributed by atoms with Gasteiger partial charge in [0.1, 0.15) is 12.4 Å². The molecule has 3 heterocycles. The Labute approximate surface area is 169 Å². The van der Waals surface area contributed by atoms with Crippen LogP contribution >= 0.6 is 0 Å². The van der Waals surface area contributed by atoms with Crippen molar-refractivity contribution in [1.29, 1.82) is 0 Å². The van der Waals surface area contributed by atoms with Crippen LogP contribution in [0.5, 0.6) is 0 Å². The van der Waals surface area contributed by atoms with Crippen molar-refractivity contribution in [2.45, 2.75) is 33.4 Å². The molecule has 0 atom stereocenters. The van der Waals surface area contributed by atoms with Crippen LogP contribution in [0.15, 0.2) is 53.7 Å². The largest absolute Gasteiger partial charge is 0.357 e. The number of guanidine groups is 1. The Balaban J connectivity index is 1.36. The van der Waals surface area contributed by atoms with Gasteiger partial charge in [-0.3, -0.25) is 4.40 Å². The minimum Gasteiger partial charge on any atom is -0.357 e. The summed E-state index contributed by atoms with van der Waals surface area (Å²) in [5.74, 6) is 2.65. The number of rotatable bonds is 7. The zero-order chi connectivity index (χ0) is 20.1. The Kier molecular flexibility index (Phi) is 5.69. The molecule has 0 radical (unpaired) electrons. The molecule has 0 amide bonds. The lowest BCUT2D eigenvalue weighted by atomic mass is 10.3. The molecule has 1 aromatic carbocycles. The monoisotopic (exact) mass is 390 g/mol. The summed E-state index contributed by atoms with van der Waals surface area (Å²) in [6, 6.07) is 14.1. The molecule has 0 aliphatic heterocycles. The van der Waals surface area contributed by atoms with Crippen molar-refractivity contribution >= 4 is 22.6 Å². The average molecular weight is 390 g/mol. The summed E-state index contributed by atoms with van der Waals surface area (Å²) in [4.78, 5) is 9.29. The first kappa shape index (κ1) is 18.9. The second kappa shape index (κ2) is 8.72. The number of hydrogen-bond donors (Lipinski definition) is 2. The fraction of sp³-hybridized carbons (Fsp3) is 0.333. The highest BCUT2D eigenvalue weighted by atomic mass is 15.3.